The second-order valence-electron chi connectivity index (χ2n) is 6.11. The van der Waals surface area contributed by atoms with E-state index < -0.39 is 5.60 Å². The zero-order valence-corrected chi connectivity index (χ0v) is 10.8. The molecule has 0 aliphatic carbocycles. The number of carbonyl (C=O) groups excluding carboxylic acids is 1. The van der Waals surface area contributed by atoms with Gasteiger partial charge in [-0.1, -0.05) is 0 Å². The van der Waals surface area contributed by atoms with E-state index in [1.165, 1.54) is 0 Å². The number of hydrogen-bond donors (Lipinski definition) is 2. The van der Waals surface area contributed by atoms with Crippen molar-refractivity contribution in [3.05, 3.63) is 0 Å². The van der Waals surface area contributed by atoms with Crippen LogP contribution in [0.2, 0.25) is 0 Å². The maximum absolute atomic E-state index is 11.7. The summed E-state index contributed by atoms with van der Waals surface area (Å²) in [4.78, 5) is 13.7. The van der Waals surface area contributed by atoms with Crippen LogP contribution in [0.4, 0.5) is 0 Å². The van der Waals surface area contributed by atoms with Crippen LogP contribution in [0.1, 0.15) is 40.5 Å². The van der Waals surface area contributed by atoms with Crippen LogP contribution in [0.15, 0.2) is 0 Å². The number of carbonyl (C=O) groups is 1. The fourth-order valence-corrected chi connectivity index (χ4v) is 2.12. The molecule has 1 atom stereocenters. The maximum Gasteiger partial charge on any atom is 0.234 e. The summed E-state index contributed by atoms with van der Waals surface area (Å²) in [6, 6.07) is 0. The average Bonchev–Trinajstić information content (AvgIpc) is 1.96. The number of likely N-dealkylation sites (tertiary alicyclic amines) is 1. The zero-order valence-electron chi connectivity index (χ0n) is 10.8. The van der Waals surface area contributed by atoms with Crippen molar-refractivity contribution in [3.63, 3.8) is 0 Å². The van der Waals surface area contributed by atoms with Crippen molar-refractivity contribution in [2.45, 2.75) is 51.7 Å². The molecule has 1 amide bonds. The van der Waals surface area contributed by atoms with Crippen molar-refractivity contribution in [3.8, 4) is 0 Å². The molecule has 1 fully saturated rings. The number of hydrogen-bond acceptors (Lipinski definition) is 3. The molecule has 0 aromatic heterocycles. The highest BCUT2D eigenvalue weighted by atomic mass is 16.3. The molecule has 1 heterocycles. The van der Waals surface area contributed by atoms with Gasteiger partial charge >= 0.3 is 0 Å². The van der Waals surface area contributed by atoms with Gasteiger partial charge in [0.2, 0.25) is 5.91 Å². The van der Waals surface area contributed by atoms with E-state index in [1.807, 2.05) is 32.6 Å². The molecular weight excluding hydrogens is 204 g/mol. The highest BCUT2D eigenvalue weighted by Gasteiger charge is 2.29. The molecule has 0 aromatic carbocycles. The van der Waals surface area contributed by atoms with Gasteiger partial charge in [0.25, 0.3) is 0 Å². The Morgan fingerprint density at radius 3 is 2.62 bits per heavy atom. The predicted octanol–water partition coefficient (Wildman–Crippen LogP) is 0.748. The topological polar surface area (TPSA) is 52.6 Å². The highest BCUT2D eigenvalue weighted by Crippen LogP contribution is 2.19. The number of β-amino-alcohol motifs (C(OH)–C–C–N with tert-alkyl or cyclic N) is 1. The van der Waals surface area contributed by atoms with Gasteiger partial charge in [0, 0.05) is 12.1 Å². The molecule has 0 radical (unpaired) electrons. The third kappa shape index (κ3) is 4.94. The lowest BCUT2D eigenvalue weighted by Gasteiger charge is -2.36. The van der Waals surface area contributed by atoms with Crippen molar-refractivity contribution in [2.75, 3.05) is 19.6 Å². The van der Waals surface area contributed by atoms with E-state index in [-0.39, 0.29) is 11.4 Å². The Bertz CT molecular complexity index is 256. The van der Waals surface area contributed by atoms with Gasteiger partial charge in [0.05, 0.1) is 12.1 Å². The molecule has 4 heteroatoms. The highest BCUT2D eigenvalue weighted by molar-refractivity contribution is 5.78. The summed E-state index contributed by atoms with van der Waals surface area (Å²) >= 11 is 0. The van der Waals surface area contributed by atoms with Gasteiger partial charge in [-0.3, -0.25) is 9.69 Å². The van der Waals surface area contributed by atoms with Gasteiger partial charge < -0.3 is 10.4 Å². The molecule has 0 aromatic rings. The molecule has 94 valence electrons. The van der Waals surface area contributed by atoms with Crippen LogP contribution in [0.3, 0.4) is 0 Å². The summed E-state index contributed by atoms with van der Waals surface area (Å²) in [6.07, 6.45) is 1.78. The second kappa shape index (κ2) is 4.72. The minimum absolute atomic E-state index is 0.0326. The van der Waals surface area contributed by atoms with Crippen LogP contribution < -0.4 is 5.32 Å². The number of nitrogens with one attached hydrogen (secondary N) is 1. The van der Waals surface area contributed by atoms with Gasteiger partial charge in [0.15, 0.2) is 0 Å². The number of amides is 1. The number of nitrogens with zero attached hydrogens (tertiary/aromatic N) is 1. The first-order valence-corrected chi connectivity index (χ1v) is 5.94. The van der Waals surface area contributed by atoms with Gasteiger partial charge in [-0.25, -0.2) is 0 Å². The van der Waals surface area contributed by atoms with E-state index in [2.05, 4.69) is 5.32 Å². The molecule has 1 saturated heterocycles. The number of piperidine rings is 1. The van der Waals surface area contributed by atoms with Gasteiger partial charge in [-0.15, -0.1) is 0 Å². The van der Waals surface area contributed by atoms with E-state index in [0.717, 1.165) is 19.4 Å². The van der Waals surface area contributed by atoms with Crippen LogP contribution in [-0.4, -0.2) is 46.7 Å². The molecular formula is C12H24N2O2. The SMILES string of the molecule is CC1(O)CCCN(CC(=O)NC(C)(C)C)C1. The fraction of sp³-hybridized carbons (Fsp3) is 0.917. The van der Waals surface area contributed by atoms with E-state index in [0.29, 0.717) is 13.1 Å². The molecule has 0 saturated carbocycles. The fourth-order valence-electron chi connectivity index (χ4n) is 2.12. The van der Waals surface area contributed by atoms with Crippen molar-refractivity contribution in [1.29, 1.82) is 0 Å². The predicted molar refractivity (Wildman–Crippen MR) is 64.2 cm³/mol. The monoisotopic (exact) mass is 228 g/mol. The largest absolute Gasteiger partial charge is 0.389 e. The minimum Gasteiger partial charge on any atom is -0.389 e. The molecule has 1 rings (SSSR count). The molecule has 0 bridgehead atoms. The number of rotatable bonds is 2. The second-order valence-corrected chi connectivity index (χ2v) is 6.11. The smallest absolute Gasteiger partial charge is 0.234 e. The molecule has 1 aliphatic rings. The van der Waals surface area contributed by atoms with Crippen LogP contribution in [-0.2, 0) is 4.79 Å². The first kappa shape index (κ1) is 13.5. The number of aliphatic hydroxyl groups is 1. The lowest BCUT2D eigenvalue weighted by molar-refractivity contribution is -0.125. The Labute approximate surface area is 98.0 Å². The summed E-state index contributed by atoms with van der Waals surface area (Å²) in [5.74, 6) is 0.0326. The van der Waals surface area contributed by atoms with Crippen LogP contribution in [0.5, 0.6) is 0 Å². The van der Waals surface area contributed by atoms with Gasteiger partial charge in [-0.05, 0) is 47.1 Å². The Balaban J connectivity index is 2.40. The summed E-state index contributed by atoms with van der Waals surface area (Å²) < 4.78 is 0. The van der Waals surface area contributed by atoms with Crippen LogP contribution in [0, 0.1) is 0 Å². The van der Waals surface area contributed by atoms with Crippen LogP contribution >= 0.6 is 0 Å². The van der Waals surface area contributed by atoms with E-state index in [4.69, 9.17) is 0 Å². The first-order valence-electron chi connectivity index (χ1n) is 5.94. The molecule has 1 unspecified atom stereocenters. The molecule has 16 heavy (non-hydrogen) atoms. The summed E-state index contributed by atoms with van der Waals surface area (Å²) in [5.41, 5.74) is -0.824. The lowest BCUT2D eigenvalue weighted by Crippen LogP contribution is -2.51. The quantitative estimate of drug-likeness (QED) is 0.733. The van der Waals surface area contributed by atoms with Crippen molar-refractivity contribution >= 4 is 5.91 Å². The third-order valence-corrected chi connectivity index (χ3v) is 2.64. The van der Waals surface area contributed by atoms with Gasteiger partial charge in [-0.2, -0.15) is 0 Å². The third-order valence-electron chi connectivity index (χ3n) is 2.64. The lowest BCUT2D eigenvalue weighted by atomic mass is 9.95. The van der Waals surface area contributed by atoms with Crippen molar-refractivity contribution in [2.24, 2.45) is 0 Å². The van der Waals surface area contributed by atoms with Crippen molar-refractivity contribution < 1.29 is 9.90 Å². The molecule has 0 spiro atoms. The molecule has 4 nitrogen and oxygen atoms in total. The standard InChI is InChI=1S/C12H24N2O2/c1-11(2,3)13-10(15)8-14-7-5-6-12(4,16)9-14/h16H,5-9H2,1-4H3,(H,13,15). The Morgan fingerprint density at radius 2 is 2.12 bits per heavy atom. The first-order chi connectivity index (χ1) is 7.18. The Hall–Kier alpha value is -0.610. The van der Waals surface area contributed by atoms with Gasteiger partial charge in [0.1, 0.15) is 0 Å². The average molecular weight is 228 g/mol. The van der Waals surface area contributed by atoms with Crippen LogP contribution in [0.25, 0.3) is 0 Å². The van der Waals surface area contributed by atoms with E-state index in [1.54, 1.807) is 0 Å². The Morgan fingerprint density at radius 1 is 1.50 bits per heavy atom. The Kier molecular flexibility index (Phi) is 3.97. The summed E-state index contributed by atoms with van der Waals surface area (Å²) in [5, 5.41) is 12.8. The summed E-state index contributed by atoms with van der Waals surface area (Å²) in [6.45, 7) is 9.61. The zero-order chi connectivity index (χ0) is 12.4. The van der Waals surface area contributed by atoms with E-state index >= 15 is 0 Å². The molecule has 2 N–H and O–H groups in total. The van der Waals surface area contributed by atoms with E-state index in [9.17, 15) is 9.90 Å². The summed E-state index contributed by atoms with van der Waals surface area (Å²) in [7, 11) is 0. The van der Waals surface area contributed by atoms with Crippen molar-refractivity contribution in [1.82, 2.24) is 10.2 Å². The normalized spacial score (nSPS) is 27.8. The minimum atomic E-state index is -0.639. The maximum atomic E-state index is 11.7. The molecule has 1 aliphatic heterocycles.